The van der Waals surface area contributed by atoms with Crippen LogP contribution in [0.5, 0.6) is 0 Å². The molecule has 126 valence electrons. The van der Waals surface area contributed by atoms with Crippen LogP contribution in [0.2, 0.25) is 5.02 Å². The van der Waals surface area contributed by atoms with Gasteiger partial charge in [0.25, 0.3) is 5.91 Å². The van der Waals surface area contributed by atoms with E-state index in [0.29, 0.717) is 22.1 Å². The monoisotopic (exact) mass is 416 g/mol. The van der Waals surface area contributed by atoms with E-state index in [1.54, 1.807) is 30.3 Å². The number of hydrogen-bond acceptors (Lipinski definition) is 3. The molecule has 0 bridgehead atoms. The fourth-order valence-electron chi connectivity index (χ4n) is 2.14. The summed E-state index contributed by atoms with van der Waals surface area (Å²) in [5.41, 5.74) is 4.88. The lowest BCUT2D eigenvalue weighted by molar-refractivity contribution is 0.0955. The zero-order valence-electron chi connectivity index (χ0n) is 13.3. The van der Waals surface area contributed by atoms with Gasteiger partial charge in [0.15, 0.2) is 0 Å². The molecule has 0 saturated heterocycles. The van der Waals surface area contributed by atoms with E-state index >= 15 is 0 Å². The van der Waals surface area contributed by atoms with Crippen LogP contribution in [0.25, 0.3) is 11.3 Å². The molecule has 3 rings (SSSR count). The lowest BCUT2D eigenvalue weighted by Crippen LogP contribution is -2.17. The lowest BCUT2D eigenvalue weighted by Gasteiger charge is -2.01. The van der Waals surface area contributed by atoms with Crippen molar-refractivity contribution in [1.82, 2.24) is 5.43 Å². The van der Waals surface area contributed by atoms with E-state index < -0.39 is 0 Å². The quantitative estimate of drug-likeness (QED) is 0.454. The Balaban J connectivity index is 1.66. The third kappa shape index (κ3) is 4.38. The van der Waals surface area contributed by atoms with Crippen molar-refractivity contribution in [3.05, 3.63) is 81.0 Å². The second-order valence-corrected chi connectivity index (χ2v) is 6.69. The van der Waals surface area contributed by atoms with E-state index in [0.717, 1.165) is 15.6 Å². The van der Waals surface area contributed by atoms with E-state index in [9.17, 15) is 4.79 Å². The van der Waals surface area contributed by atoms with Crippen LogP contribution in [0.15, 0.2) is 68.6 Å². The summed E-state index contributed by atoms with van der Waals surface area (Å²) in [7, 11) is 0. The first kappa shape index (κ1) is 17.5. The molecule has 0 spiro atoms. The third-order valence-electron chi connectivity index (χ3n) is 3.55. The first-order chi connectivity index (χ1) is 12.0. The Kier molecular flexibility index (Phi) is 5.36. The highest BCUT2D eigenvalue weighted by Gasteiger charge is 2.06. The van der Waals surface area contributed by atoms with Crippen molar-refractivity contribution in [1.29, 1.82) is 0 Å². The molecule has 0 saturated carbocycles. The van der Waals surface area contributed by atoms with Crippen LogP contribution in [0.4, 0.5) is 0 Å². The van der Waals surface area contributed by atoms with Crippen molar-refractivity contribution in [2.75, 3.05) is 0 Å². The molecule has 1 aromatic heterocycles. The van der Waals surface area contributed by atoms with Crippen LogP contribution in [0.3, 0.4) is 0 Å². The summed E-state index contributed by atoms with van der Waals surface area (Å²) in [6, 6.07) is 16.3. The lowest BCUT2D eigenvalue weighted by atomic mass is 10.1. The number of nitrogens with one attached hydrogen (secondary N) is 1. The molecule has 0 radical (unpaired) electrons. The fourth-order valence-corrected chi connectivity index (χ4v) is 2.59. The fraction of sp³-hybridized carbons (Fsp3) is 0.0526. The van der Waals surface area contributed by atoms with Gasteiger partial charge in [-0.1, -0.05) is 39.7 Å². The summed E-state index contributed by atoms with van der Waals surface area (Å²) in [6.07, 6.45) is 1.45. The summed E-state index contributed by atoms with van der Waals surface area (Å²) in [6.45, 7) is 1.94. The molecule has 0 aliphatic heterocycles. The van der Waals surface area contributed by atoms with Crippen LogP contribution in [-0.2, 0) is 0 Å². The maximum Gasteiger partial charge on any atom is 0.271 e. The predicted molar refractivity (Wildman–Crippen MR) is 103 cm³/mol. The Hall–Kier alpha value is -2.37. The van der Waals surface area contributed by atoms with E-state index in [2.05, 4.69) is 26.5 Å². The Bertz CT molecular complexity index is 933. The van der Waals surface area contributed by atoms with Gasteiger partial charge in [0, 0.05) is 20.6 Å². The van der Waals surface area contributed by atoms with Gasteiger partial charge in [-0.3, -0.25) is 4.79 Å². The van der Waals surface area contributed by atoms with Gasteiger partial charge in [-0.25, -0.2) is 5.43 Å². The molecule has 0 aliphatic rings. The van der Waals surface area contributed by atoms with Crippen molar-refractivity contribution >= 4 is 39.7 Å². The van der Waals surface area contributed by atoms with E-state index in [4.69, 9.17) is 16.0 Å². The molecule has 1 heterocycles. The SMILES string of the molecule is Cc1ccc(-c2ccc(/C=N/NC(=O)c3ccc(Br)cc3)o2)cc1Cl. The average molecular weight is 418 g/mol. The first-order valence-electron chi connectivity index (χ1n) is 7.48. The summed E-state index contributed by atoms with van der Waals surface area (Å²) in [5.74, 6) is 0.922. The maximum atomic E-state index is 12.0. The molecule has 0 fully saturated rings. The minimum absolute atomic E-state index is 0.291. The number of halogens is 2. The zero-order valence-corrected chi connectivity index (χ0v) is 15.6. The standard InChI is InChI=1S/C19H14BrClN2O2/c1-12-2-3-14(10-17(12)21)18-9-8-16(25-18)11-22-23-19(24)13-4-6-15(20)7-5-13/h2-11H,1H3,(H,23,24)/b22-11+. The zero-order chi connectivity index (χ0) is 17.8. The van der Waals surface area contributed by atoms with Gasteiger partial charge in [0.2, 0.25) is 0 Å². The number of carbonyl (C=O) groups excluding carboxylic acids is 1. The molecule has 0 aliphatic carbocycles. The number of hydrogen-bond donors (Lipinski definition) is 1. The minimum Gasteiger partial charge on any atom is -0.455 e. The number of nitrogens with zero attached hydrogens (tertiary/aromatic N) is 1. The molecular formula is C19H14BrClN2O2. The van der Waals surface area contributed by atoms with Gasteiger partial charge < -0.3 is 4.42 Å². The van der Waals surface area contributed by atoms with Gasteiger partial charge in [0.1, 0.15) is 11.5 Å². The number of benzene rings is 2. The van der Waals surface area contributed by atoms with Crippen molar-refractivity contribution in [3.8, 4) is 11.3 Å². The first-order valence-corrected chi connectivity index (χ1v) is 8.65. The van der Waals surface area contributed by atoms with Crippen molar-refractivity contribution in [2.45, 2.75) is 6.92 Å². The topological polar surface area (TPSA) is 54.6 Å². The largest absolute Gasteiger partial charge is 0.455 e. The molecule has 2 aromatic carbocycles. The van der Waals surface area contributed by atoms with Gasteiger partial charge in [-0.05, 0) is 55.0 Å². The van der Waals surface area contributed by atoms with Crippen LogP contribution in [0, 0.1) is 6.92 Å². The van der Waals surface area contributed by atoms with Crippen LogP contribution in [0.1, 0.15) is 21.7 Å². The van der Waals surface area contributed by atoms with Crippen molar-refractivity contribution < 1.29 is 9.21 Å². The number of aryl methyl sites for hydroxylation is 1. The highest BCUT2D eigenvalue weighted by Crippen LogP contribution is 2.26. The Labute approximate surface area is 158 Å². The summed E-state index contributed by atoms with van der Waals surface area (Å²) in [4.78, 5) is 12.0. The van der Waals surface area contributed by atoms with Crippen LogP contribution in [-0.4, -0.2) is 12.1 Å². The third-order valence-corrected chi connectivity index (χ3v) is 4.48. The van der Waals surface area contributed by atoms with Gasteiger partial charge in [0.05, 0.1) is 6.21 Å². The van der Waals surface area contributed by atoms with Crippen molar-refractivity contribution in [3.63, 3.8) is 0 Å². The molecular weight excluding hydrogens is 404 g/mol. The minimum atomic E-state index is -0.291. The van der Waals surface area contributed by atoms with Crippen LogP contribution >= 0.6 is 27.5 Å². The normalized spacial score (nSPS) is 11.0. The highest BCUT2D eigenvalue weighted by molar-refractivity contribution is 9.10. The van der Waals surface area contributed by atoms with Gasteiger partial charge in [-0.2, -0.15) is 5.10 Å². The van der Waals surface area contributed by atoms with Gasteiger partial charge >= 0.3 is 0 Å². The molecule has 25 heavy (non-hydrogen) atoms. The Morgan fingerprint density at radius 2 is 1.92 bits per heavy atom. The maximum absolute atomic E-state index is 12.0. The molecule has 1 amide bonds. The number of carbonyl (C=O) groups is 1. The second-order valence-electron chi connectivity index (χ2n) is 5.37. The van der Waals surface area contributed by atoms with E-state index in [-0.39, 0.29) is 5.91 Å². The smallest absolute Gasteiger partial charge is 0.271 e. The Morgan fingerprint density at radius 3 is 2.64 bits per heavy atom. The number of furan rings is 1. The number of amides is 1. The second kappa shape index (κ2) is 7.68. The van der Waals surface area contributed by atoms with E-state index in [1.807, 2.05) is 31.2 Å². The summed E-state index contributed by atoms with van der Waals surface area (Å²) >= 11 is 9.46. The van der Waals surface area contributed by atoms with Crippen molar-refractivity contribution in [2.24, 2.45) is 5.10 Å². The molecule has 4 nitrogen and oxygen atoms in total. The average Bonchev–Trinajstić information content (AvgIpc) is 3.07. The molecule has 0 unspecified atom stereocenters. The molecule has 6 heteroatoms. The van der Waals surface area contributed by atoms with Crippen LogP contribution < -0.4 is 5.43 Å². The molecule has 3 aromatic rings. The Morgan fingerprint density at radius 1 is 1.16 bits per heavy atom. The van der Waals surface area contributed by atoms with Gasteiger partial charge in [-0.15, -0.1) is 0 Å². The number of hydrazone groups is 1. The summed E-state index contributed by atoms with van der Waals surface area (Å²) < 4.78 is 6.61. The molecule has 1 N–H and O–H groups in total. The molecule has 0 atom stereocenters. The number of rotatable bonds is 4. The summed E-state index contributed by atoms with van der Waals surface area (Å²) in [5, 5.41) is 4.61. The predicted octanol–water partition coefficient (Wildman–Crippen LogP) is 5.43. The highest BCUT2D eigenvalue weighted by atomic mass is 79.9. The van der Waals surface area contributed by atoms with E-state index in [1.165, 1.54) is 6.21 Å².